The molecule has 0 radical (unpaired) electrons. The van der Waals surface area contributed by atoms with E-state index in [1.54, 1.807) is 6.92 Å². The van der Waals surface area contributed by atoms with Gasteiger partial charge in [0.25, 0.3) is 0 Å². The molecule has 0 aliphatic carbocycles. The van der Waals surface area contributed by atoms with Crippen molar-refractivity contribution in [3.8, 4) is 0 Å². The summed E-state index contributed by atoms with van der Waals surface area (Å²) >= 11 is 0. The molecule has 3 aliphatic rings. The largest absolute Gasteiger partial charge is 0.471 e. The van der Waals surface area contributed by atoms with Crippen LogP contribution in [0, 0.1) is 5.92 Å². The third-order valence-electron chi connectivity index (χ3n) is 7.90. The van der Waals surface area contributed by atoms with Gasteiger partial charge in [-0.2, -0.15) is 17.9 Å². The molecule has 1 aromatic rings. The zero-order valence-corrected chi connectivity index (χ0v) is 24.5. The molecule has 0 aromatic heterocycles. The fourth-order valence-electron chi connectivity index (χ4n) is 5.67. The molecule has 0 bridgehead atoms. The lowest BCUT2D eigenvalue weighted by atomic mass is 9.91. The number of nitrogens with zero attached hydrogens (tertiary/aromatic N) is 2. The topological polar surface area (TPSA) is 125 Å². The number of carbonyl (C=O) groups is 3. The number of halogens is 3. The molecule has 14 heteroatoms. The van der Waals surface area contributed by atoms with Gasteiger partial charge in [-0.1, -0.05) is 24.6 Å². The second-order valence-corrected chi connectivity index (χ2v) is 12.8. The predicted octanol–water partition coefficient (Wildman–Crippen LogP) is 2.28. The van der Waals surface area contributed by atoms with Crippen LogP contribution in [0.4, 0.5) is 13.2 Å². The Bertz CT molecular complexity index is 1330. The second-order valence-electron chi connectivity index (χ2n) is 11.0. The third kappa shape index (κ3) is 7.51. The molecule has 3 heterocycles. The standard InChI is InChI=1S/C28H37F3N4O6S/c1-3-41-26(37)24-13-18(2)8-12-35(24)25(36)23(14-19-5-4-10-32-16-19)33-42(39,40)22-7-6-20-9-11-34(17-21(20)15-22)27(38)28(29,30)31/h5-7,15,18,23-24,32-33H,3-4,8-14,16-17H2,1-2H3/t18-,23+,24-/m1/s1. The first-order valence-corrected chi connectivity index (χ1v) is 15.6. The maximum absolute atomic E-state index is 13.9. The predicted molar refractivity (Wildman–Crippen MR) is 146 cm³/mol. The molecule has 4 rings (SSSR count). The van der Waals surface area contributed by atoms with Crippen LogP contribution in [0.5, 0.6) is 0 Å². The van der Waals surface area contributed by atoms with Crippen LogP contribution in [-0.2, 0) is 42.1 Å². The van der Waals surface area contributed by atoms with Gasteiger partial charge in [-0.15, -0.1) is 0 Å². The van der Waals surface area contributed by atoms with Gasteiger partial charge in [-0.3, -0.25) is 9.59 Å². The molecule has 10 nitrogen and oxygen atoms in total. The highest BCUT2D eigenvalue weighted by Gasteiger charge is 2.43. The zero-order chi connectivity index (χ0) is 30.7. The van der Waals surface area contributed by atoms with Crippen molar-refractivity contribution >= 4 is 27.8 Å². The molecule has 3 atom stereocenters. The van der Waals surface area contributed by atoms with Gasteiger partial charge in [0.2, 0.25) is 15.9 Å². The number of ether oxygens (including phenoxy) is 1. The number of amides is 2. The van der Waals surface area contributed by atoms with Crippen LogP contribution in [0.1, 0.15) is 50.7 Å². The Labute approximate surface area is 243 Å². The Morgan fingerprint density at radius 1 is 1.19 bits per heavy atom. The maximum Gasteiger partial charge on any atom is 0.471 e. The lowest BCUT2D eigenvalue weighted by Crippen LogP contribution is -2.57. The second kappa shape index (κ2) is 13.1. The van der Waals surface area contributed by atoms with Gasteiger partial charge < -0.3 is 19.9 Å². The minimum Gasteiger partial charge on any atom is -0.464 e. The van der Waals surface area contributed by atoms with Gasteiger partial charge in [0.15, 0.2) is 0 Å². The van der Waals surface area contributed by atoms with Gasteiger partial charge >= 0.3 is 18.1 Å². The molecule has 1 fully saturated rings. The first-order chi connectivity index (χ1) is 19.8. The van der Waals surface area contributed by atoms with E-state index in [4.69, 9.17) is 4.74 Å². The first-order valence-electron chi connectivity index (χ1n) is 14.2. The summed E-state index contributed by atoms with van der Waals surface area (Å²) in [4.78, 5) is 40.3. The first kappa shape index (κ1) is 32.0. The van der Waals surface area contributed by atoms with Gasteiger partial charge in [-0.05, 0) is 74.8 Å². The Balaban J connectivity index is 1.61. The lowest BCUT2D eigenvalue weighted by Gasteiger charge is -2.39. The summed E-state index contributed by atoms with van der Waals surface area (Å²) in [6, 6.07) is 2.04. The Morgan fingerprint density at radius 3 is 2.62 bits per heavy atom. The molecule has 232 valence electrons. The highest BCUT2D eigenvalue weighted by molar-refractivity contribution is 7.89. The number of esters is 1. The minimum absolute atomic E-state index is 0.0749. The fraction of sp³-hybridized carbons (Fsp3) is 0.607. The Kier molecular flexibility index (Phi) is 9.99. The van der Waals surface area contributed by atoms with Crippen molar-refractivity contribution in [3.05, 3.63) is 41.0 Å². The van der Waals surface area contributed by atoms with Crippen LogP contribution in [-0.4, -0.2) is 87.0 Å². The SMILES string of the molecule is CCOC(=O)[C@H]1C[C@H](C)CCN1C(=O)[C@H](CC1=CCCNC1)NS(=O)(=O)c1ccc2c(c1)CN(C(=O)C(F)(F)F)CC2. The van der Waals surface area contributed by atoms with E-state index in [0.717, 1.165) is 12.1 Å². The monoisotopic (exact) mass is 614 g/mol. The number of benzene rings is 1. The molecule has 42 heavy (non-hydrogen) atoms. The van der Waals surface area contributed by atoms with E-state index in [9.17, 15) is 36.0 Å². The van der Waals surface area contributed by atoms with Crippen LogP contribution in [0.3, 0.4) is 0 Å². The van der Waals surface area contributed by atoms with Crippen molar-refractivity contribution in [2.75, 3.05) is 32.8 Å². The number of hydrogen-bond acceptors (Lipinski definition) is 7. The van der Waals surface area contributed by atoms with Crippen molar-refractivity contribution in [2.24, 2.45) is 5.92 Å². The van der Waals surface area contributed by atoms with Gasteiger partial charge in [0.05, 0.1) is 11.5 Å². The average Bonchev–Trinajstić information content (AvgIpc) is 2.95. The molecule has 0 spiro atoms. The molecule has 3 aliphatic heterocycles. The quantitative estimate of drug-likeness (QED) is 0.340. The van der Waals surface area contributed by atoms with Crippen molar-refractivity contribution in [3.63, 3.8) is 0 Å². The molecule has 2 N–H and O–H groups in total. The summed E-state index contributed by atoms with van der Waals surface area (Å²) in [6.45, 7) is 4.78. The van der Waals surface area contributed by atoms with Crippen molar-refractivity contribution in [1.29, 1.82) is 0 Å². The summed E-state index contributed by atoms with van der Waals surface area (Å²) in [5.41, 5.74) is 1.77. The van der Waals surface area contributed by atoms with Crippen LogP contribution in [0.25, 0.3) is 0 Å². The van der Waals surface area contributed by atoms with Gasteiger partial charge in [-0.25, -0.2) is 13.2 Å². The smallest absolute Gasteiger partial charge is 0.464 e. The number of alkyl halides is 3. The number of rotatable bonds is 8. The number of piperidine rings is 1. The van der Waals surface area contributed by atoms with E-state index in [2.05, 4.69) is 10.0 Å². The highest BCUT2D eigenvalue weighted by Crippen LogP contribution is 2.28. The maximum atomic E-state index is 13.9. The van der Waals surface area contributed by atoms with E-state index in [1.165, 1.54) is 23.1 Å². The number of nitrogens with one attached hydrogen (secondary N) is 2. The molecule has 1 aromatic carbocycles. The van der Waals surface area contributed by atoms with Crippen molar-refractivity contribution in [2.45, 2.75) is 75.7 Å². The van der Waals surface area contributed by atoms with E-state index < -0.39 is 46.1 Å². The van der Waals surface area contributed by atoms with Crippen molar-refractivity contribution < 1.29 is 40.7 Å². The Hall–Kier alpha value is -2.97. The number of hydrogen-bond donors (Lipinski definition) is 2. The summed E-state index contributed by atoms with van der Waals surface area (Å²) < 4.78 is 74.0. The van der Waals surface area contributed by atoms with Crippen molar-refractivity contribution in [1.82, 2.24) is 19.8 Å². The van der Waals surface area contributed by atoms with E-state index in [0.29, 0.717) is 36.3 Å². The van der Waals surface area contributed by atoms with Gasteiger partial charge in [0, 0.05) is 26.2 Å². The minimum atomic E-state index is -5.04. The van der Waals surface area contributed by atoms with Crippen LogP contribution in [0.15, 0.2) is 34.7 Å². The molecular formula is C28H37F3N4O6S. The van der Waals surface area contributed by atoms with Crippen LogP contribution in [0.2, 0.25) is 0 Å². The highest BCUT2D eigenvalue weighted by atomic mass is 32.2. The third-order valence-corrected chi connectivity index (χ3v) is 9.37. The van der Waals surface area contributed by atoms with Crippen LogP contribution < -0.4 is 10.0 Å². The number of likely N-dealkylation sites (tertiary alicyclic amines) is 1. The average molecular weight is 615 g/mol. The normalized spacial score (nSPS) is 22.2. The lowest BCUT2D eigenvalue weighted by molar-refractivity contribution is -0.186. The molecule has 0 saturated carbocycles. The molecule has 1 saturated heterocycles. The zero-order valence-electron chi connectivity index (χ0n) is 23.7. The van der Waals surface area contributed by atoms with Crippen LogP contribution >= 0.6 is 0 Å². The number of carbonyl (C=O) groups excluding carboxylic acids is 3. The number of sulfonamides is 1. The molecular weight excluding hydrogens is 577 g/mol. The summed E-state index contributed by atoms with van der Waals surface area (Å²) in [5, 5.41) is 3.20. The van der Waals surface area contributed by atoms with E-state index >= 15 is 0 Å². The number of fused-ring (bicyclic) bond motifs is 1. The summed E-state index contributed by atoms with van der Waals surface area (Å²) in [5.74, 6) is -2.89. The summed E-state index contributed by atoms with van der Waals surface area (Å²) in [7, 11) is -4.34. The summed E-state index contributed by atoms with van der Waals surface area (Å²) in [6.07, 6.45) is -1.10. The van der Waals surface area contributed by atoms with E-state index in [-0.39, 0.29) is 55.5 Å². The van der Waals surface area contributed by atoms with Gasteiger partial charge in [0.1, 0.15) is 12.1 Å². The molecule has 2 amide bonds. The Morgan fingerprint density at radius 2 is 1.95 bits per heavy atom. The molecule has 0 unspecified atom stereocenters. The fourth-order valence-corrected chi connectivity index (χ4v) is 6.91. The van der Waals surface area contributed by atoms with E-state index in [1.807, 2.05) is 13.0 Å².